The third kappa shape index (κ3) is 4.56. The molecule has 5 N–H and O–H groups in total. The van der Waals surface area contributed by atoms with Gasteiger partial charge in [-0.15, -0.1) is 5.10 Å². The standard InChI is InChI=1S/C2H5N5/c3-1-6-7-2(4)5/h6H,(H4,4,5,7). The highest BCUT2D eigenvalue weighted by Gasteiger charge is 1.70. The monoisotopic (exact) mass is 99.1 g/mol. The second-order valence-electron chi connectivity index (χ2n) is 0.760. The van der Waals surface area contributed by atoms with E-state index in [1.54, 1.807) is 0 Å². The highest BCUT2D eigenvalue weighted by atomic mass is 15.3. The summed E-state index contributed by atoms with van der Waals surface area (Å²) in [6.45, 7) is 0. The van der Waals surface area contributed by atoms with Crippen molar-refractivity contribution >= 4 is 5.96 Å². The molecular formula is C2H5N5. The van der Waals surface area contributed by atoms with Crippen molar-refractivity contribution < 1.29 is 0 Å². The molecule has 0 aliphatic rings. The lowest BCUT2D eigenvalue weighted by Crippen LogP contribution is -2.24. The zero-order valence-electron chi connectivity index (χ0n) is 3.55. The van der Waals surface area contributed by atoms with Crippen molar-refractivity contribution in [1.29, 1.82) is 5.26 Å². The first kappa shape index (κ1) is 5.56. The Bertz CT molecular complexity index is 104. The number of rotatable bonds is 1. The second kappa shape index (κ2) is 2.78. The fraction of sp³-hybridized carbons (Fsp3) is 0. The zero-order chi connectivity index (χ0) is 5.70. The number of nitrogens with zero attached hydrogens (tertiary/aromatic N) is 2. The average Bonchev–Trinajstić information content (AvgIpc) is 1.61. The molecule has 0 aliphatic carbocycles. The van der Waals surface area contributed by atoms with Gasteiger partial charge in [0.2, 0.25) is 5.96 Å². The van der Waals surface area contributed by atoms with Crippen molar-refractivity contribution in [2.75, 3.05) is 0 Å². The molecule has 0 unspecified atom stereocenters. The molecule has 7 heavy (non-hydrogen) atoms. The van der Waals surface area contributed by atoms with Crippen LogP contribution >= 0.6 is 0 Å². The van der Waals surface area contributed by atoms with E-state index in [1.807, 2.05) is 5.43 Å². The average molecular weight is 99.1 g/mol. The topological polar surface area (TPSA) is 100 Å². The summed E-state index contributed by atoms with van der Waals surface area (Å²) in [7, 11) is 0. The van der Waals surface area contributed by atoms with Crippen molar-refractivity contribution in [3.8, 4) is 6.19 Å². The molecule has 0 spiro atoms. The van der Waals surface area contributed by atoms with Crippen molar-refractivity contribution in [2.45, 2.75) is 0 Å². The maximum Gasteiger partial charge on any atom is 0.209 e. The molecule has 0 amide bonds. The van der Waals surface area contributed by atoms with Crippen LogP contribution in [0.5, 0.6) is 0 Å². The fourth-order valence-corrected chi connectivity index (χ4v) is 0.0895. The van der Waals surface area contributed by atoms with Crippen LogP contribution in [0.4, 0.5) is 0 Å². The molecule has 0 aromatic heterocycles. The largest absolute Gasteiger partial charge is 0.369 e. The molecule has 0 aliphatic heterocycles. The summed E-state index contributed by atoms with van der Waals surface area (Å²) in [4.78, 5) is 0. The van der Waals surface area contributed by atoms with Gasteiger partial charge in [-0.3, -0.25) is 0 Å². The SMILES string of the molecule is N#CNN=C(N)N. The molecule has 0 saturated carbocycles. The van der Waals surface area contributed by atoms with Crippen LogP contribution in [0.15, 0.2) is 5.10 Å². The molecule has 0 atom stereocenters. The van der Waals surface area contributed by atoms with Gasteiger partial charge in [0, 0.05) is 0 Å². The van der Waals surface area contributed by atoms with E-state index in [9.17, 15) is 0 Å². The molecule has 0 rings (SSSR count). The Morgan fingerprint density at radius 3 is 2.43 bits per heavy atom. The highest BCUT2D eigenvalue weighted by Crippen LogP contribution is 1.46. The van der Waals surface area contributed by atoms with Crippen LogP contribution in [0.25, 0.3) is 0 Å². The number of hydrogen-bond donors (Lipinski definition) is 3. The normalized spacial score (nSPS) is 6.14. The minimum atomic E-state index is -0.151. The fourth-order valence-electron chi connectivity index (χ4n) is 0.0895. The van der Waals surface area contributed by atoms with Gasteiger partial charge in [-0.1, -0.05) is 0 Å². The molecule has 0 aromatic carbocycles. The van der Waals surface area contributed by atoms with Crippen LogP contribution in [-0.4, -0.2) is 5.96 Å². The van der Waals surface area contributed by atoms with Crippen LogP contribution in [0.3, 0.4) is 0 Å². The van der Waals surface area contributed by atoms with Crippen LogP contribution in [0, 0.1) is 11.5 Å². The van der Waals surface area contributed by atoms with Crippen molar-refractivity contribution in [3.63, 3.8) is 0 Å². The molecule has 0 fully saturated rings. The van der Waals surface area contributed by atoms with Crippen molar-refractivity contribution in [2.24, 2.45) is 16.6 Å². The molecule has 38 valence electrons. The van der Waals surface area contributed by atoms with E-state index >= 15 is 0 Å². The molecule has 5 nitrogen and oxygen atoms in total. The summed E-state index contributed by atoms with van der Waals surface area (Å²) in [5.74, 6) is -0.151. The number of guanidine groups is 1. The number of hydrazone groups is 1. The van der Waals surface area contributed by atoms with Gasteiger partial charge in [-0.05, 0) is 0 Å². The van der Waals surface area contributed by atoms with Gasteiger partial charge in [0.25, 0.3) is 0 Å². The van der Waals surface area contributed by atoms with E-state index in [2.05, 4.69) is 5.10 Å². The Labute approximate surface area is 40.6 Å². The van der Waals surface area contributed by atoms with Crippen molar-refractivity contribution in [3.05, 3.63) is 0 Å². The Balaban J connectivity index is 3.32. The number of nitrogens with two attached hydrogens (primary N) is 2. The smallest absolute Gasteiger partial charge is 0.209 e. The Kier molecular flexibility index (Phi) is 2.21. The third-order valence-electron chi connectivity index (χ3n) is 0.235. The molecule has 0 saturated heterocycles. The van der Waals surface area contributed by atoms with Gasteiger partial charge in [0.05, 0.1) is 0 Å². The lowest BCUT2D eigenvalue weighted by molar-refractivity contribution is 0.972. The predicted molar refractivity (Wildman–Crippen MR) is 24.6 cm³/mol. The number of nitriles is 1. The minimum Gasteiger partial charge on any atom is -0.369 e. The maximum atomic E-state index is 7.74. The van der Waals surface area contributed by atoms with Gasteiger partial charge < -0.3 is 11.5 Å². The molecular weight excluding hydrogens is 94.1 g/mol. The van der Waals surface area contributed by atoms with Gasteiger partial charge >= 0.3 is 0 Å². The summed E-state index contributed by atoms with van der Waals surface area (Å²) >= 11 is 0. The van der Waals surface area contributed by atoms with E-state index in [1.165, 1.54) is 6.19 Å². The molecule has 5 heteroatoms. The lowest BCUT2D eigenvalue weighted by Gasteiger charge is -1.82. The summed E-state index contributed by atoms with van der Waals surface area (Å²) in [6.07, 6.45) is 1.50. The minimum absolute atomic E-state index is 0.151. The van der Waals surface area contributed by atoms with E-state index in [4.69, 9.17) is 16.7 Å². The Hall–Kier alpha value is -1.44. The molecule has 0 heterocycles. The number of nitrogens with one attached hydrogen (secondary N) is 1. The lowest BCUT2D eigenvalue weighted by atomic mass is 11.1. The van der Waals surface area contributed by atoms with E-state index in [0.29, 0.717) is 0 Å². The first-order valence-electron chi connectivity index (χ1n) is 1.50. The molecule has 0 radical (unpaired) electrons. The number of hydrogen-bond acceptors (Lipinski definition) is 3. The summed E-state index contributed by atoms with van der Waals surface area (Å²) in [5, 5.41) is 10.8. The van der Waals surface area contributed by atoms with Gasteiger partial charge in [0.1, 0.15) is 0 Å². The van der Waals surface area contributed by atoms with Crippen LogP contribution in [-0.2, 0) is 0 Å². The third-order valence-corrected chi connectivity index (χ3v) is 0.235. The summed E-state index contributed by atoms with van der Waals surface area (Å²) < 4.78 is 0. The predicted octanol–water partition coefficient (Wildman–Crippen LogP) is -1.75. The summed E-state index contributed by atoms with van der Waals surface area (Å²) in [5.41, 5.74) is 11.5. The zero-order valence-corrected chi connectivity index (χ0v) is 3.55. The van der Waals surface area contributed by atoms with Crippen molar-refractivity contribution in [1.82, 2.24) is 5.43 Å². The van der Waals surface area contributed by atoms with Gasteiger partial charge in [-0.2, -0.15) is 5.26 Å². The Morgan fingerprint density at radius 2 is 2.29 bits per heavy atom. The van der Waals surface area contributed by atoms with Gasteiger partial charge in [0.15, 0.2) is 6.19 Å². The van der Waals surface area contributed by atoms with Crippen LogP contribution in [0.1, 0.15) is 0 Å². The van der Waals surface area contributed by atoms with E-state index < -0.39 is 0 Å². The second-order valence-corrected chi connectivity index (χ2v) is 0.760. The quantitative estimate of drug-likeness (QED) is 0.119. The van der Waals surface area contributed by atoms with Crippen LogP contribution < -0.4 is 16.9 Å². The van der Waals surface area contributed by atoms with Gasteiger partial charge in [-0.25, -0.2) is 5.43 Å². The summed E-state index contributed by atoms with van der Waals surface area (Å²) in [6, 6.07) is 0. The Morgan fingerprint density at radius 1 is 1.71 bits per heavy atom. The van der Waals surface area contributed by atoms with E-state index in [-0.39, 0.29) is 5.96 Å². The first-order chi connectivity index (χ1) is 3.27. The van der Waals surface area contributed by atoms with Crippen LogP contribution in [0.2, 0.25) is 0 Å². The molecule has 0 aromatic rings. The van der Waals surface area contributed by atoms with E-state index in [0.717, 1.165) is 0 Å². The maximum absolute atomic E-state index is 7.74. The first-order valence-corrected chi connectivity index (χ1v) is 1.50. The molecule has 0 bridgehead atoms. The highest BCUT2D eigenvalue weighted by molar-refractivity contribution is 5.75.